The number of hydrogen-bond acceptors (Lipinski definition) is 4. The summed E-state index contributed by atoms with van der Waals surface area (Å²) >= 11 is 0. The van der Waals surface area contributed by atoms with Gasteiger partial charge >= 0.3 is 0 Å². The van der Waals surface area contributed by atoms with Crippen LogP contribution in [0.25, 0.3) is 17.2 Å². The molecule has 0 unspecified atom stereocenters. The highest BCUT2D eigenvalue weighted by Gasteiger charge is 2.06. The molecule has 0 radical (unpaired) electrons. The van der Waals surface area contributed by atoms with Crippen molar-refractivity contribution in [1.29, 1.82) is 0 Å². The molecule has 3 aromatic rings. The summed E-state index contributed by atoms with van der Waals surface area (Å²) in [4.78, 5) is 13.1. The van der Waals surface area contributed by atoms with Gasteiger partial charge in [0.05, 0.1) is 0 Å². The Kier molecular flexibility index (Phi) is 2.22. The van der Waals surface area contributed by atoms with Gasteiger partial charge in [-0.05, 0) is 18.2 Å². The first-order valence-corrected chi connectivity index (χ1v) is 5.32. The van der Waals surface area contributed by atoms with E-state index in [4.69, 9.17) is 0 Å². The molecule has 0 aliphatic heterocycles. The quantitative estimate of drug-likeness (QED) is 0.723. The number of nitrogens with one attached hydrogen (secondary N) is 1. The maximum atomic E-state index is 4.47. The highest BCUT2D eigenvalue weighted by atomic mass is 15.1. The lowest BCUT2D eigenvalue weighted by Gasteiger charge is -1.99. The van der Waals surface area contributed by atoms with Crippen LogP contribution in [0.1, 0.15) is 0 Å². The molecular formula is C12H11N5. The van der Waals surface area contributed by atoms with Crippen LogP contribution in [0.3, 0.4) is 0 Å². The summed E-state index contributed by atoms with van der Waals surface area (Å²) in [7, 11) is 1.83. The van der Waals surface area contributed by atoms with Gasteiger partial charge in [-0.15, -0.1) is 0 Å². The first-order chi connectivity index (χ1) is 8.36. The maximum Gasteiger partial charge on any atom is 0.181 e. The number of anilines is 1. The molecule has 0 spiro atoms. The summed E-state index contributed by atoms with van der Waals surface area (Å²) in [6.45, 7) is 0. The van der Waals surface area contributed by atoms with Gasteiger partial charge in [-0.1, -0.05) is 6.07 Å². The van der Waals surface area contributed by atoms with E-state index in [0.29, 0.717) is 5.82 Å². The maximum absolute atomic E-state index is 4.47. The van der Waals surface area contributed by atoms with Crippen molar-refractivity contribution in [2.24, 2.45) is 0 Å². The molecule has 5 heteroatoms. The largest absolute Gasteiger partial charge is 0.373 e. The summed E-state index contributed by atoms with van der Waals surface area (Å²) in [5, 5.41) is 2.99. The van der Waals surface area contributed by atoms with E-state index >= 15 is 0 Å². The lowest BCUT2D eigenvalue weighted by atomic mass is 10.4. The van der Waals surface area contributed by atoms with Gasteiger partial charge in [0.2, 0.25) is 0 Å². The molecule has 0 atom stereocenters. The summed E-state index contributed by atoms with van der Waals surface area (Å²) in [5.74, 6) is 1.41. The topological polar surface area (TPSA) is 55.1 Å². The second-order valence-corrected chi connectivity index (χ2v) is 3.61. The molecule has 3 aromatic heterocycles. The van der Waals surface area contributed by atoms with E-state index in [-0.39, 0.29) is 0 Å². The van der Waals surface area contributed by atoms with E-state index in [1.807, 2.05) is 48.1 Å². The number of nitrogens with zero attached hydrogens (tertiary/aromatic N) is 4. The summed E-state index contributed by atoms with van der Waals surface area (Å²) in [5.41, 5.74) is 1.66. The Morgan fingerprint density at radius 2 is 2.12 bits per heavy atom. The molecular weight excluding hydrogens is 214 g/mol. The summed E-state index contributed by atoms with van der Waals surface area (Å²) in [6.07, 6.45) is 5.59. The monoisotopic (exact) mass is 225 g/mol. The number of hydrogen-bond donors (Lipinski definition) is 1. The molecule has 0 saturated carbocycles. The lowest BCUT2D eigenvalue weighted by molar-refractivity contribution is 1.15. The minimum atomic E-state index is 0.626. The molecule has 3 rings (SSSR count). The SMILES string of the molecule is CNc1ccnc(-c2cn3ccccc3n2)n1. The van der Waals surface area contributed by atoms with Gasteiger partial charge in [0.15, 0.2) is 5.82 Å². The Morgan fingerprint density at radius 1 is 1.18 bits per heavy atom. The van der Waals surface area contributed by atoms with E-state index in [9.17, 15) is 0 Å². The van der Waals surface area contributed by atoms with Gasteiger partial charge in [-0.3, -0.25) is 0 Å². The first kappa shape index (κ1) is 9.77. The molecule has 0 saturated heterocycles. The first-order valence-electron chi connectivity index (χ1n) is 5.32. The zero-order valence-corrected chi connectivity index (χ0v) is 9.33. The van der Waals surface area contributed by atoms with Gasteiger partial charge in [0, 0.05) is 25.6 Å². The van der Waals surface area contributed by atoms with Crippen molar-refractivity contribution >= 4 is 11.5 Å². The average molecular weight is 225 g/mol. The van der Waals surface area contributed by atoms with Gasteiger partial charge < -0.3 is 9.72 Å². The van der Waals surface area contributed by atoms with Gasteiger partial charge in [0.1, 0.15) is 17.2 Å². The van der Waals surface area contributed by atoms with Crippen molar-refractivity contribution < 1.29 is 0 Å². The molecule has 5 nitrogen and oxygen atoms in total. The van der Waals surface area contributed by atoms with Gasteiger partial charge in [-0.25, -0.2) is 15.0 Å². The Hall–Kier alpha value is -2.43. The minimum absolute atomic E-state index is 0.626. The van der Waals surface area contributed by atoms with E-state index in [1.165, 1.54) is 0 Å². The Bertz CT molecular complexity index is 626. The summed E-state index contributed by atoms with van der Waals surface area (Å²) in [6, 6.07) is 7.69. The second kappa shape index (κ2) is 3.86. The van der Waals surface area contributed by atoms with Crippen molar-refractivity contribution in [2.45, 2.75) is 0 Å². The van der Waals surface area contributed by atoms with Crippen molar-refractivity contribution in [1.82, 2.24) is 19.4 Å². The fourth-order valence-corrected chi connectivity index (χ4v) is 1.66. The normalized spacial score (nSPS) is 10.6. The van der Waals surface area contributed by atoms with Crippen LogP contribution in [-0.2, 0) is 0 Å². The van der Waals surface area contributed by atoms with Crippen molar-refractivity contribution in [3.8, 4) is 11.5 Å². The van der Waals surface area contributed by atoms with Gasteiger partial charge in [0.25, 0.3) is 0 Å². The van der Waals surface area contributed by atoms with Crippen LogP contribution in [0, 0.1) is 0 Å². The minimum Gasteiger partial charge on any atom is -0.373 e. The molecule has 0 bridgehead atoms. The molecule has 84 valence electrons. The number of fused-ring (bicyclic) bond motifs is 1. The standard InChI is InChI=1S/C12H11N5/c1-13-10-5-6-14-12(16-10)9-8-17-7-3-2-4-11(17)15-9/h2-8H,1H3,(H,13,14,16). The summed E-state index contributed by atoms with van der Waals surface area (Å²) < 4.78 is 1.95. The van der Waals surface area contributed by atoms with Crippen molar-refractivity contribution in [3.05, 3.63) is 42.9 Å². The average Bonchev–Trinajstić information content (AvgIpc) is 2.82. The number of imidazole rings is 1. The highest BCUT2D eigenvalue weighted by molar-refractivity contribution is 5.56. The number of aromatic nitrogens is 4. The molecule has 17 heavy (non-hydrogen) atoms. The Morgan fingerprint density at radius 3 is 2.94 bits per heavy atom. The lowest BCUT2D eigenvalue weighted by Crippen LogP contribution is -1.95. The third kappa shape index (κ3) is 1.71. The van der Waals surface area contributed by atoms with E-state index in [1.54, 1.807) is 6.20 Å². The van der Waals surface area contributed by atoms with Gasteiger partial charge in [-0.2, -0.15) is 0 Å². The molecule has 0 fully saturated rings. The van der Waals surface area contributed by atoms with Crippen LogP contribution in [0.15, 0.2) is 42.9 Å². The van der Waals surface area contributed by atoms with Crippen LogP contribution in [0.4, 0.5) is 5.82 Å². The number of rotatable bonds is 2. The molecule has 0 aliphatic carbocycles. The fourth-order valence-electron chi connectivity index (χ4n) is 1.66. The number of pyridine rings is 1. The Balaban J connectivity index is 2.13. The van der Waals surface area contributed by atoms with Crippen molar-refractivity contribution in [2.75, 3.05) is 12.4 Å². The zero-order valence-electron chi connectivity index (χ0n) is 9.33. The van der Waals surface area contributed by atoms with Crippen LogP contribution in [-0.4, -0.2) is 26.4 Å². The Labute approximate surface area is 98.2 Å². The van der Waals surface area contributed by atoms with Crippen LogP contribution in [0.2, 0.25) is 0 Å². The fraction of sp³-hybridized carbons (Fsp3) is 0.0833. The van der Waals surface area contributed by atoms with Crippen LogP contribution in [0.5, 0.6) is 0 Å². The highest BCUT2D eigenvalue weighted by Crippen LogP contribution is 2.15. The zero-order chi connectivity index (χ0) is 11.7. The van der Waals surface area contributed by atoms with Crippen LogP contribution < -0.4 is 5.32 Å². The smallest absolute Gasteiger partial charge is 0.181 e. The third-order valence-corrected chi connectivity index (χ3v) is 2.50. The van der Waals surface area contributed by atoms with Crippen molar-refractivity contribution in [3.63, 3.8) is 0 Å². The molecule has 0 amide bonds. The third-order valence-electron chi connectivity index (χ3n) is 2.50. The van der Waals surface area contributed by atoms with E-state index in [0.717, 1.165) is 17.2 Å². The molecule has 3 heterocycles. The molecule has 0 aromatic carbocycles. The van der Waals surface area contributed by atoms with E-state index < -0.39 is 0 Å². The predicted molar refractivity (Wildman–Crippen MR) is 65.8 cm³/mol. The molecule has 1 N–H and O–H groups in total. The van der Waals surface area contributed by atoms with Crippen LogP contribution >= 0.6 is 0 Å². The second-order valence-electron chi connectivity index (χ2n) is 3.61. The van der Waals surface area contributed by atoms with E-state index in [2.05, 4.69) is 20.3 Å². The predicted octanol–water partition coefficient (Wildman–Crippen LogP) is 1.83. The molecule has 0 aliphatic rings.